The summed E-state index contributed by atoms with van der Waals surface area (Å²) in [5.41, 5.74) is 2.18. The monoisotopic (exact) mass is 274 g/mol. The Labute approximate surface area is 122 Å². The van der Waals surface area contributed by atoms with E-state index in [0.29, 0.717) is 0 Å². The predicted molar refractivity (Wildman–Crippen MR) is 83.3 cm³/mol. The number of aromatic nitrogens is 1. The van der Waals surface area contributed by atoms with E-state index in [-0.39, 0.29) is 0 Å². The summed E-state index contributed by atoms with van der Waals surface area (Å²) in [6.07, 6.45) is 8.88. The van der Waals surface area contributed by atoms with Gasteiger partial charge in [0.05, 0.1) is 12.3 Å². The molecule has 3 heteroatoms. The third-order valence-electron chi connectivity index (χ3n) is 3.58. The van der Waals surface area contributed by atoms with Gasteiger partial charge in [-0.15, -0.1) is 0 Å². The van der Waals surface area contributed by atoms with Crippen molar-refractivity contribution in [3.8, 4) is 5.75 Å². The molecule has 20 heavy (non-hydrogen) atoms. The number of hydrogen-bond donors (Lipinski definition) is 0. The van der Waals surface area contributed by atoms with Crippen molar-refractivity contribution in [2.45, 2.75) is 39.5 Å². The first-order chi connectivity index (χ1) is 9.79. The molecular formula is C17H26N2O. The molecule has 0 bridgehead atoms. The van der Waals surface area contributed by atoms with Gasteiger partial charge in [0.25, 0.3) is 0 Å². The van der Waals surface area contributed by atoms with Crippen molar-refractivity contribution in [1.29, 1.82) is 0 Å². The van der Waals surface area contributed by atoms with Crippen LogP contribution in [-0.4, -0.2) is 36.1 Å². The van der Waals surface area contributed by atoms with Gasteiger partial charge in [-0.05, 0) is 38.3 Å². The van der Waals surface area contributed by atoms with Gasteiger partial charge in [-0.3, -0.25) is 9.88 Å². The second-order valence-electron chi connectivity index (χ2n) is 5.41. The minimum absolute atomic E-state index is 0.779. The molecule has 110 valence electrons. The highest BCUT2D eigenvalue weighted by molar-refractivity contribution is 5.29. The predicted octanol–water partition coefficient (Wildman–Crippen LogP) is 3.37. The topological polar surface area (TPSA) is 25.4 Å². The molecule has 2 rings (SSSR count). The van der Waals surface area contributed by atoms with Gasteiger partial charge in [0.1, 0.15) is 5.75 Å². The van der Waals surface area contributed by atoms with Crippen LogP contribution in [0.25, 0.3) is 0 Å². The first-order valence-corrected chi connectivity index (χ1v) is 7.76. The molecule has 3 nitrogen and oxygen atoms in total. The van der Waals surface area contributed by atoms with Crippen LogP contribution in [0.2, 0.25) is 0 Å². The highest BCUT2D eigenvalue weighted by Crippen LogP contribution is 2.18. The lowest BCUT2D eigenvalue weighted by Gasteiger charge is -2.22. The number of rotatable bonds is 7. The number of nitrogens with zero attached hydrogens (tertiary/aromatic N) is 2. The van der Waals surface area contributed by atoms with Crippen LogP contribution in [-0.2, 0) is 6.42 Å². The van der Waals surface area contributed by atoms with Crippen molar-refractivity contribution in [1.82, 2.24) is 9.88 Å². The molecule has 0 atom stereocenters. The normalized spacial score (nSPS) is 15.5. The zero-order chi connectivity index (χ0) is 14.2. The van der Waals surface area contributed by atoms with Gasteiger partial charge in [0.2, 0.25) is 0 Å². The van der Waals surface area contributed by atoms with Crippen molar-refractivity contribution in [2.24, 2.45) is 0 Å². The van der Waals surface area contributed by atoms with Crippen LogP contribution in [0.5, 0.6) is 5.75 Å². The molecule has 1 aliphatic heterocycles. The van der Waals surface area contributed by atoms with E-state index in [9.17, 15) is 0 Å². The molecule has 0 N–H and O–H groups in total. The van der Waals surface area contributed by atoms with E-state index in [4.69, 9.17) is 4.74 Å². The summed E-state index contributed by atoms with van der Waals surface area (Å²) in [4.78, 5) is 7.06. The molecule has 0 amide bonds. The van der Waals surface area contributed by atoms with Gasteiger partial charge >= 0.3 is 0 Å². The fourth-order valence-electron chi connectivity index (χ4n) is 2.51. The fourth-order valence-corrected chi connectivity index (χ4v) is 2.51. The number of pyridine rings is 1. The largest absolute Gasteiger partial charge is 0.492 e. The fraction of sp³-hybridized carbons (Fsp3) is 0.588. The Morgan fingerprint density at radius 3 is 2.95 bits per heavy atom. The Bertz CT molecular complexity index is 443. The van der Waals surface area contributed by atoms with E-state index in [0.717, 1.165) is 56.1 Å². The molecule has 0 aliphatic carbocycles. The quantitative estimate of drug-likeness (QED) is 0.563. The zero-order valence-electron chi connectivity index (χ0n) is 12.8. The summed E-state index contributed by atoms with van der Waals surface area (Å²) in [5, 5.41) is 0. The van der Waals surface area contributed by atoms with Crippen molar-refractivity contribution >= 4 is 0 Å². The lowest BCUT2D eigenvalue weighted by molar-refractivity contribution is 0.245. The Hall–Kier alpha value is -1.35. The number of hydrogen-bond acceptors (Lipinski definition) is 3. The van der Waals surface area contributed by atoms with Gasteiger partial charge in [-0.25, -0.2) is 0 Å². The van der Waals surface area contributed by atoms with Gasteiger partial charge < -0.3 is 4.74 Å². The van der Waals surface area contributed by atoms with Gasteiger partial charge in [0.15, 0.2) is 0 Å². The van der Waals surface area contributed by atoms with Crippen LogP contribution in [0.4, 0.5) is 0 Å². The van der Waals surface area contributed by atoms with Crippen molar-refractivity contribution < 1.29 is 4.74 Å². The average Bonchev–Trinajstić information content (AvgIpc) is 2.47. The van der Waals surface area contributed by atoms with Crippen LogP contribution in [0.1, 0.15) is 37.6 Å². The Morgan fingerprint density at radius 2 is 2.20 bits per heavy atom. The molecule has 0 aromatic carbocycles. The SMILES string of the molecule is CCCc1nc(C)ccc1OCCCN1CC=CCC1. The molecule has 0 saturated heterocycles. The minimum atomic E-state index is 0.779. The molecule has 0 spiro atoms. The van der Waals surface area contributed by atoms with E-state index in [1.165, 1.54) is 13.0 Å². The van der Waals surface area contributed by atoms with Crippen LogP contribution < -0.4 is 4.74 Å². The van der Waals surface area contributed by atoms with E-state index in [1.807, 2.05) is 13.0 Å². The zero-order valence-corrected chi connectivity index (χ0v) is 12.8. The maximum absolute atomic E-state index is 5.93. The molecule has 1 aromatic rings. The summed E-state index contributed by atoms with van der Waals surface area (Å²) in [5.74, 6) is 0.969. The number of aryl methyl sites for hydroxylation is 2. The number of ether oxygens (including phenoxy) is 1. The Balaban J connectivity index is 1.77. The van der Waals surface area contributed by atoms with Crippen LogP contribution in [0.3, 0.4) is 0 Å². The van der Waals surface area contributed by atoms with Crippen molar-refractivity contribution in [3.63, 3.8) is 0 Å². The first-order valence-electron chi connectivity index (χ1n) is 7.76. The van der Waals surface area contributed by atoms with E-state index < -0.39 is 0 Å². The third-order valence-corrected chi connectivity index (χ3v) is 3.58. The first kappa shape index (κ1) is 15.0. The van der Waals surface area contributed by atoms with Gasteiger partial charge in [-0.2, -0.15) is 0 Å². The molecule has 0 fully saturated rings. The van der Waals surface area contributed by atoms with Crippen molar-refractivity contribution in [3.05, 3.63) is 35.7 Å². The Morgan fingerprint density at radius 1 is 1.30 bits per heavy atom. The molecule has 0 radical (unpaired) electrons. The highest BCUT2D eigenvalue weighted by atomic mass is 16.5. The van der Waals surface area contributed by atoms with Crippen LogP contribution in [0, 0.1) is 6.92 Å². The molecule has 0 saturated carbocycles. The third kappa shape index (κ3) is 4.64. The lowest BCUT2D eigenvalue weighted by Crippen LogP contribution is -2.29. The summed E-state index contributed by atoms with van der Waals surface area (Å²) in [6.45, 7) is 8.38. The summed E-state index contributed by atoms with van der Waals surface area (Å²) < 4.78 is 5.93. The van der Waals surface area contributed by atoms with E-state index in [1.54, 1.807) is 0 Å². The lowest BCUT2D eigenvalue weighted by atomic mass is 10.2. The summed E-state index contributed by atoms with van der Waals surface area (Å²) in [6, 6.07) is 4.10. The summed E-state index contributed by atoms with van der Waals surface area (Å²) >= 11 is 0. The van der Waals surface area contributed by atoms with Crippen LogP contribution >= 0.6 is 0 Å². The van der Waals surface area contributed by atoms with Gasteiger partial charge in [-0.1, -0.05) is 25.5 Å². The molecule has 1 aliphatic rings. The maximum Gasteiger partial charge on any atom is 0.140 e. The molecular weight excluding hydrogens is 248 g/mol. The standard InChI is InChI=1S/C17H26N2O/c1-3-8-16-17(10-9-15(2)18-16)20-14-7-13-19-11-5-4-6-12-19/h4-5,9-10H,3,6-8,11-14H2,1-2H3. The molecule has 0 unspecified atom stereocenters. The van der Waals surface area contributed by atoms with E-state index in [2.05, 4.69) is 35.0 Å². The highest BCUT2D eigenvalue weighted by Gasteiger charge is 2.07. The minimum Gasteiger partial charge on any atom is -0.492 e. The maximum atomic E-state index is 5.93. The summed E-state index contributed by atoms with van der Waals surface area (Å²) in [7, 11) is 0. The van der Waals surface area contributed by atoms with E-state index >= 15 is 0 Å². The van der Waals surface area contributed by atoms with Crippen LogP contribution in [0.15, 0.2) is 24.3 Å². The Kier molecular flexibility index (Phi) is 6.06. The smallest absolute Gasteiger partial charge is 0.140 e. The van der Waals surface area contributed by atoms with Crippen molar-refractivity contribution in [2.75, 3.05) is 26.2 Å². The molecule has 1 aromatic heterocycles. The second-order valence-corrected chi connectivity index (χ2v) is 5.41. The van der Waals surface area contributed by atoms with Gasteiger partial charge in [0, 0.05) is 25.3 Å². The average molecular weight is 274 g/mol. The second kappa shape index (κ2) is 8.05. The molecule has 2 heterocycles.